The van der Waals surface area contributed by atoms with Crippen molar-refractivity contribution < 1.29 is 9.59 Å². The van der Waals surface area contributed by atoms with E-state index in [0.717, 1.165) is 11.4 Å². The molecule has 1 amide bonds. The van der Waals surface area contributed by atoms with E-state index in [0.29, 0.717) is 16.8 Å². The van der Waals surface area contributed by atoms with Crippen molar-refractivity contribution in [3.8, 4) is 0 Å². The average Bonchev–Trinajstić information content (AvgIpc) is 2.75. The SMILES string of the molecule is CC(=O)c1c(C)[nH]c(C(=O)N[C@@H](C)c2ccccn2)c1C. The smallest absolute Gasteiger partial charge is 0.268 e. The fourth-order valence-electron chi connectivity index (χ4n) is 2.48. The first kappa shape index (κ1) is 15.0. The van der Waals surface area contributed by atoms with Crippen LogP contribution in [-0.4, -0.2) is 21.7 Å². The fraction of sp³-hybridized carbons (Fsp3) is 0.312. The van der Waals surface area contributed by atoms with Gasteiger partial charge in [-0.2, -0.15) is 0 Å². The summed E-state index contributed by atoms with van der Waals surface area (Å²) in [4.78, 5) is 31.2. The highest BCUT2D eigenvalue weighted by atomic mass is 16.2. The number of nitrogens with zero attached hydrogens (tertiary/aromatic N) is 1. The Bertz CT molecular complexity index is 674. The van der Waals surface area contributed by atoms with Crippen LogP contribution in [0.15, 0.2) is 24.4 Å². The number of nitrogens with one attached hydrogen (secondary N) is 2. The molecule has 0 fully saturated rings. The minimum absolute atomic E-state index is 0.0434. The molecule has 0 spiro atoms. The van der Waals surface area contributed by atoms with Gasteiger partial charge in [0.15, 0.2) is 5.78 Å². The van der Waals surface area contributed by atoms with Crippen molar-refractivity contribution in [3.05, 3.63) is 52.6 Å². The number of aromatic amines is 1. The van der Waals surface area contributed by atoms with Crippen molar-refractivity contribution in [2.45, 2.75) is 33.7 Å². The van der Waals surface area contributed by atoms with Crippen molar-refractivity contribution in [2.24, 2.45) is 0 Å². The number of H-pyrrole nitrogens is 1. The molecular formula is C16H19N3O2. The molecule has 0 saturated carbocycles. The summed E-state index contributed by atoms with van der Waals surface area (Å²) >= 11 is 0. The Balaban J connectivity index is 2.22. The lowest BCUT2D eigenvalue weighted by atomic mass is 10.1. The van der Waals surface area contributed by atoms with Crippen LogP contribution in [-0.2, 0) is 0 Å². The number of carbonyl (C=O) groups is 2. The molecule has 0 aliphatic rings. The summed E-state index contributed by atoms with van der Waals surface area (Å²) in [5.74, 6) is -0.278. The average molecular weight is 285 g/mol. The van der Waals surface area contributed by atoms with Crippen LogP contribution in [0.1, 0.15) is 57.7 Å². The Morgan fingerprint density at radius 2 is 2.00 bits per heavy atom. The van der Waals surface area contributed by atoms with Crippen molar-refractivity contribution in [1.82, 2.24) is 15.3 Å². The standard InChI is InChI=1S/C16H19N3O2/c1-9-14(12(4)20)11(3)18-15(9)16(21)19-10(2)13-7-5-6-8-17-13/h5-8,10,18H,1-4H3,(H,19,21)/t10-/m0/s1. The first-order chi connectivity index (χ1) is 9.91. The first-order valence-corrected chi connectivity index (χ1v) is 6.83. The second-order valence-electron chi connectivity index (χ2n) is 5.13. The van der Waals surface area contributed by atoms with Gasteiger partial charge in [0.1, 0.15) is 5.69 Å². The number of amides is 1. The third kappa shape index (κ3) is 3.02. The zero-order valence-electron chi connectivity index (χ0n) is 12.7. The van der Waals surface area contributed by atoms with Gasteiger partial charge in [-0.05, 0) is 45.4 Å². The van der Waals surface area contributed by atoms with E-state index < -0.39 is 0 Å². The number of pyridine rings is 1. The Morgan fingerprint density at radius 3 is 2.52 bits per heavy atom. The minimum Gasteiger partial charge on any atom is -0.354 e. The molecule has 110 valence electrons. The molecule has 2 N–H and O–H groups in total. The molecule has 0 aliphatic carbocycles. The van der Waals surface area contributed by atoms with Gasteiger partial charge in [-0.3, -0.25) is 14.6 Å². The molecule has 1 atom stereocenters. The maximum atomic E-state index is 12.4. The second kappa shape index (κ2) is 5.91. The van der Waals surface area contributed by atoms with Crippen LogP contribution in [0, 0.1) is 13.8 Å². The molecule has 0 saturated heterocycles. The largest absolute Gasteiger partial charge is 0.354 e. The Labute approximate surface area is 123 Å². The Hall–Kier alpha value is -2.43. The summed E-state index contributed by atoms with van der Waals surface area (Å²) in [6.07, 6.45) is 1.69. The van der Waals surface area contributed by atoms with Crippen molar-refractivity contribution in [3.63, 3.8) is 0 Å². The molecule has 2 aromatic heterocycles. The zero-order valence-corrected chi connectivity index (χ0v) is 12.7. The molecule has 0 unspecified atom stereocenters. The molecule has 2 rings (SSSR count). The summed E-state index contributed by atoms with van der Waals surface area (Å²) in [5.41, 5.74) is 3.21. The van der Waals surface area contributed by atoms with Gasteiger partial charge in [0, 0.05) is 17.5 Å². The molecule has 0 aliphatic heterocycles. The molecule has 0 radical (unpaired) electrons. The van der Waals surface area contributed by atoms with Crippen LogP contribution in [0.5, 0.6) is 0 Å². The highest BCUT2D eigenvalue weighted by molar-refractivity contribution is 6.02. The molecule has 5 nitrogen and oxygen atoms in total. The molecule has 0 bridgehead atoms. The van der Waals surface area contributed by atoms with Gasteiger partial charge in [0.25, 0.3) is 5.91 Å². The Morgan fingerprint density at radius 1 is 1.29 bits per heavy atom. The highest BCUT2D eigenvalue weighted by Gasteiger charge is 2.21. The van der Waals surface area contributed by atoms with Gasteiger partial charge in [-0.25, -0.2) is 0 Å². The number of rotatable bonds is 4. The summed E-state index contributed by atoms with van der Waals surface area (Å²) in [7, 11) is 0. The summed E-state index contributed by atoms with van der Waals surface area (Å²) in [6.45, 7) is 6.95. The molecule has 2 aromatic rings. The maximum absolute atomic E-state index is 12.4. The van der Waals surface area contributed by atoms with Gasteiger partial charge < -0.3 is 10.3 Å². The van der Waals surface area contributed by atoms with Crippen molar-refractivity contribution >= 4 is 11.7 Å². The van der Waals surface area contributed by atoms with Gasteiger partial charge in [0.05, 0.1) is 11.7 Å². The fourth-order valence-corrected chi connectivity index (χ4v) is 2.48. The molecule has 0 aromatic carbocycles. The van der Waals surface area contributed by atoms with Crippen LogP contribution in [0.4, 0.5) is 0 Å². The lowest BCUT2D eigenvalue weighted by Crippen LogP contribution is -2.28. The Kier molecular flexibility index (Phi) is 4.21. The summed E-state index contributed by atoms with van der Waals surface area (Å²) in [5, 5.41) is 2.89. The van der Waals surface area contributed by atoms with E-state index in [1.165, 1.54) is 6.92 Å². The number of carbonyl (C=O) groups excluding carboxylic acids is 2. The number of ketones is 1. The number of hydrogen-bond acceptors (Lipinski definition) is 3. The molecule has 21 heavy (non-hydrogen) atoms. The predicted molar refractivity (Wildman–Crippen MR) is 80.4 cm³/mol. The number of aromatic nitrogens is 2. The lowest BCUT2D eigenvalue weighted by Gasteiger charge is -2.13. The predicted octanol–water partition coefficient (Wildman–Crippen LogP) is 2.72. The third-order valence-electron chi connectivity index (χ3n) is 3.50. The van der Waals surface area contributed by atoms with Crippen molar-refractivity contribution in [2.75, 3.05) is 0 Å². The van der Waals surface area contributed by atoms with Crippen molar-refractivity contribution in [1.29, 1.82) is 0 Å². The quantitative estimate of drug-likeness (QED) is 0.848. The molecule has 2 heterocycles. The minimum atomic E-state index is -0.235. The van der Waals surface area contributed by atoms with E-state index in [2.05, 4.69) is 15.3 Å². The van der Waals surface area contributed by atoms with E-state index in [9.17, 15) is 9.59 Å². The first-order valence-electron chi connectivity index (χ1n) is 6.83. The number of aryl methyl sites for hydroxylation is 1. The van der Waals surface area contributed by atoms with Crippen LogP contribution < -0.4 is 5.32 Å². The second-order valence-corrected chi connectivity index (χ2v) is 5.13. The summed E-state index contributed by atoms with van der Waals surface area (Å²) < 4.78 is 0. The zero-order chi connectivity index (χ0) is 15.6. The third-order valence-corrected chi connectivity index (χ3v) is 3.50. The van der Waals surface area contributed by atoms with Gasteiger partial charge in [-0.15, -0.1) is 0 Å². The maximum Gasteiger partial charge on any atom is 0.268 e. The number of hydrogen-bond donors (Lipinski definition) is 2. The van der Waals surface area contributed by atoms with Crippen LogP contribution in [0.25, 0.3) is 0 Å². The normalized spacial score (nSPS) is 12.0. The highest BCUT2D eigenvalue weighted by Crippen LogP contribution is 2.19. The monoisotopic (exact) mass is 285 g/mol. The van der Waals surface area contributed by atoms with E-state index in [4.69, 9.17) is 0 Å². The van der Waals surface area contributed by atoms with Gasteiger partial charge in [-0.1, -0.05) is 6.07 Å². The molecular weight excluding hydrogens is 266 g/mol. The van der Waals surface area contributed by atoms with Crippen LogP contribution >= 0.6 is 0 Å². The molecule has 5 heteroatoms. The van der Waals surface area contributed by atoms with E-state index in [-0.39, 0.29) is 17.7 Å². The summed E-state index contributed by atoms with van der Waals surface area (Å²) in [6, 6.07) is 5.36. The van der Waals surface area contributed by atoms with E-state index in [1.807, 2.05) is 25.1 Å². The van der Waals surface area contributed by atoms with Crippen LogP contribution in [0.2, 0.25) is 0 Å². The topological polar surface area (TPSA) is 74.8 Å². The number of Topliss-reactive ketones (excluding diaryl/α,β-unsaturated/α-hetero) is 1. The lowest BCUT2D eigenvalue weighted by molar-refractivity contribution is 0.0933. The van der Waals surface area contributed by atoms with E-state index >= 15 is 0 Å². The van der Waals surface area contributed by atoms with E-state index in [1.54, 1.807) is 20.0 Å². The van der Waals surface area contributed by atoms with Gasteiger partial charge >= 0.3 is 0 Å². The van der Waals surface area contributed by atoms with Crippen LogP contribution in [0.3, 0.4) is 0 Å². The van der Waals surface area contributed by atoms with Gasteiger partial charge in [0.2, 0.25) is 0 Å².